The van der Waals surface area contributed by atoms with E-state index in [2.05, 4.69) is 27.7 Å². The Bertz CT molecular complexity index is 521. The van der Waals surface area contributed by atoms with Crippen molar-refractivity contribution in [3.8, 4) is 0 Å². The van der Waals surface area contributed by atoms with Crippen molar-refractivity contribution in [3.63, 3.8) is 0 Å². The molecule has 0 radical (unpaired) electrons. The van der Waals surface area contributed by atoms with Gasteiger partial charge in [-0.25, -0.2) is 0 Å². The van der Waals surface area contributed by atoms with Crippen LogP contribution in [0.4, 0.5) is 0 Å². The molecule has 1 amide bonds. The standard InChI is InChI=1S/C21H35NO3/c1-6-20(23)22(15-18-8-7-12-24-18)11-9-19(16(2)3)17-10-13-25-21(4,5)14-17/h7-8,12,16-17,19H,6,9-11,13-15H2,1-5H3/t17-,19-/m1/s1. The Balaban J connectivity index is 2.00. The number of carbonyl (C=O) groups excluding carboxylic acids is 1. The van der Waals surface area contributed by atoms with E-state index in [1.165, 1.54) is 0 Å². The lowest BCUT2D eigenvalue weighted by molar-refractivity contribution is -0.132. The maximum Gasteiger partial charge on any atom is 0.222 e. The van der Waals surface area contributed by atoms with E-state index in [1.807, 2.05) is 24.0 Å². The molecule has 0 N–H and O–H groups in total. The first kappa shape index (κ1) is 20.0. The number of carbonyl (C=O) groups is 1. The van der Waals surface area contributed by atoms with Crippen molar-refractivity contribution in [2.24, 2.45) is 17.8 Å². The molecular weight excluding hydrogens is 314 g/mol. The zero-order chi connectivity index (χ0) is 18.4. The van der Waals surface area contributed by atoms with Crippen molar-refractivity contribution >= 4 is 5.91 Å². The maximum absolute atomic E-state index is 12.4. The number of nitrogens with zero attached hydrogens (tertiary/aromatic N) is 1. The van der Waals surface area contributed by atoms with Crippen LogP contribution in [0.15, 0.2) is 22.8 Å². The fourth-order valence-electron chi connectivity index (χ4n) is 4.17. The Labute approximate surface area is 152 Å². The molecule has 2 atom stereocenters. The van der Waals surface area contributed by atoms with Gasteiger partial charge in [0.1, 0.15) is 5.76 Å². The van der Waals surface area contributed by atoms with Crippen molar-refractivity contribution in [1.29, 1.82) is 0 Å². The molecule has 1 aromatic rings. The molecule has 0 aromatic carbocycles. The lowest BCUT2D eigenvalue weighted by Gasteiger charge is -2.41. The lowest BCUT2D eigenvalue weighted by Crippen LogP contribution is -2.39. The van der Waals surface area contributed by atoms with Crippen LogP contribution in [0.1, 0.15) is 66.1 Å². The van der Waals surface area contributed by atoms with E-state index in [0.717, 1.165) is 38.2 Å². The topological polar surface area (TPSA) is 42.7 Å². The van der Waals surface area contributed by atoms with Crippen molar-refractivity contribution in [2.75, 3.05) is 13.2 Å². The van der Waals surface area contributed by atoms with Crippen molar-refractivity contribution < 1.29 is 13.9 Å². The highest BCUT2D eigenvalue weighted by atomic mass is 16.5. The Kier molecular flexibility index (Phi) is 7.12. The molecule has 1 aromatic heterocycles. The molecule has 0 aliphatic carbocycles. The molecule has 142 valence electrons. The van der Waals surface area contributed by atoms with Crippen molar-refractivity contribution in [2.45, 2.75) is 72.4 Å². The summed E-state index contributed by atoms with van der Waals surface area (Å²) in [6, 6.07) is 3.82. The minimum atomic E-state index is -0.0247. The summed E-state index contributed by atoms with van der Waals surface area (Å²) in [6.07, 6.45) is 5.50. The Morgan fingerprint density at radius 2 is 2.16 bits per heavy atom. The molecule has 0 spiro atoms. The first-order valence-electron chi connectivity index (χ1n) is 9.76. The zero-order valence-electron chi connectivity index (χ0n) is 16.6. The molecule has 25 heavy (non-hydrogen) atoms. The third-order valence-corrected chi connectivity index (χ3v) is 5.51. The van der Waals surface area contributed by atoms with E-state index >= 15 is 0 Å². The van der Waals surface area contributed by atoms with E-state index in [0.29, 0.717) is 30.7 Å². The van der Waals surface area contributed by atoms with Crippen LogP contribution < -0.4 is 0 Å². The van der Waals surface area contributed by atoms with E-state index in [1.54, 1.807) is 6.26 Å². The predicted octanol–water partition coefficient (Wildman–Crippen LogP) is 4.89. The van der Waals surface area contributed by atoms with Crippen LogP contribution in [-0.2, 0) is 16.1 Å². The van der Waals surface area contributed by atoms with Crippen molar-refractivity contribution in [1.82, 2.24) is 4.90 Å². The van der Waals surface area contributed by atoms with Crippen LogP contribution >= 0.6 is 0 Å². The van der Waals surface area contributed by atoms with Crippen LogP contribution in [0.5, 0.6) is 0 Å². The van der Waals surface area contributed by atoms with E-state index in [4.69, 9.17) is 9.15 Å². The number of ether oxygens (including phenoxy) is 1. The largest absolute Gasteiger partial charge is 0.467 e. The van der Waals surface area contributed by atoms with Crippen molar-refractivity contribution in [3.05, 3.63) is 24.2 Å². The van der Waals surface area contributed by atoms with Gasteiger partial charge >= 0.3 is 0 Å². The summed E-state index contributed by atoms with van der Waals surface area (Å²) in [4.78, 5) is 14.3. The quantitative estimate of drug-likeness (QED) is 0.671. The third-order valence-electron chi connectivity index (χ3n) is 5.51. The number of amides is 1. The smallest absolute Gasteiger partial charge is 0.222 e. The number of rotatable bonds is 8. The third kappa shape index (κ3) is 5.88. The average Bonchev–Trinajstić information content (AvgIpc) is 3.05. The van der Waals surface area contributed by atoms with E-state index in [-0.39, 0.29) is 11.5 Å². The first-order valence-corrected chi connectivity index (χ1v) is 9.76. The molecule has 1 saturated heterocycles. The second kappa shape index (κ2) is 8.88. The minimum Gasteiger partial charge on any atom is -0.467 e. The fraction of sp³-hybridized carbons (Fsp3) is 0.762. The number of furan rings is 1. The van der Waals surface area contributed by atoms with Gasteiger partial charge < -0.3 is 14.1 Å². The van der Waals surface area contributed by atoms with Gasteiger partial charge in [-0.2, -0.15) is 0 Å². The Hall–Kier alpha value is -1.29. The average molecular weight is 350 g/mol. The second-order valence-corrected chi connectivity index (χ2v) is 8.31. The van der Waals surface area contributed by atoms with Gasteiger partial charge in [0.2, 0.25) is 5.91 Å². The molecule has 1 aliphatic rings. The number of hydrogen-bond donors (Lipinski definition) is 0. The summed E-state index contributed by atoms with van der Waals surface area (Å²) >= 11 is 0. The molecule has 1 fully saturated rings. The summed E-state index contributed by atoms with van der Waals surface area (Å²) in [5.74, 6) is 2.96. The molecule has 2 rings (SSSR count). The van der Waals surface area contributed by atoms with Gasteiger partial charge in [0.25, 0.3) is 0 Å². The van der Waals surface area contributed by atoms with Gasteiger partial charge in [0, 0.05) is 19.6 Å². The van der Waals surface area contributed by atoms with Gasteiger partial charge in [-0.15, -0.1) is 0 Å². The molecule has 0 unspecified atom stereocenters. The summed E-state index contributed by atoms with van der Waals surface area (Å²) in [6.45, 7) is 13.2. The highest BCUT2D eigenvalue weighted by molar-refractivity contribution is 5.75. The lowest BCUT2D eigenvalue weighted by atomic mass is 9.73. The molecule has 0 bridgehead atoms. The SMILES string of the molecule is CCC(=O)N(CC[C@H](C(C)C)[C@@H]1CCOC(C)(C)C1)Cc1ccco1. The Morgan fingerprint density at radius 3 is 2.72 bits per heavy atom. The highest BCUT2D eigenvalue weighted by Gasteiger charge is 2.34. The molecule has 0 saturated carbocycles. The second-order valence-electron chi connectivity index (χ2n) is 8.31. The maximum atomic E-state index is 12.4. The molecule has 4 heteroatoms. The van der Waals surface area contributed by atoms with E-state index in [9.17, 15) is 4.79 Å². The minimum absolute atomic E-state index is 0.0247. The summed E-state index contributed by atoms with van der Waals surface area (Å²) in [5.41, 5.74) is -0.0247. The van der Waals surface area contributed by atoms with Gasteiger partial charge in [-0.05, 0) is 63.0 Å². The van der Waals surface area contributed by atoms with Gasteiger partial charge in [0.05, 0.1) is 18.4 Å². The Morgan fingerprint density at radius 1 is 1.40 bits per heavy atom. The monoisotopic (exact) mass is 349 g/mol. The zero-order valence-corrected chi connectivity index (χ0v) is 16.6. The van der Waals surface area contributed by atoms with Crippen LogP contribution in [-0.4, -0.2) is 29.6 Å². The number of hydrogen-bond acceptors (Lipinski definition) is 3. The molecular formula is C21H35NO3. The van der Waals surface area contributed by atoms with Gasteiger partial charge in [0.15, 0.2) is 0 Å². The van der Waals surface area contributed by atoms with Crippen LogP contribution in [0.25, 0.3) is 0 Å². The predicted molar refractivity (Wildman–Crippen MR) is 100 cm³/mol. The molecule has 2 heterocycles. The van der Waals surface area contributed by atoms with Crippen LogP contribution in [0.2, 0.25) is 0 Å². The summed E-state index contributed by atoms with van der Waals surface area (Å²) < 4.78 is 11.3. The fourth-order valence-corrected chi connectivity index (χ4v) is 4.17. The summed E-state index contributed by atoms with van der Waals surface area (Å²) in [5, 5.41) is 0. The van der Waals surface area contributed by atoms with E-state index < -0.39 is 0 Å². The van der Waals surface area contributed by atoms with Gasteiger partial charge in [-0.1, -0.05) is 20.8 Å². The normalized spacial score (nSPS) is 21.3. The molecule has 4 nitrogen and oxygen atoms in total. The molecule has 1 aliphatic heterocycles. The van der Waals surface area contributed by atoms with Crippen LogP contribution in [0.3, 0.4) is 0 Å². The first-order chi connectivity index (χ1) is 11.8. The highest BCUT2D eigenvalue weighted by Crippen LogP contribution is 2.38. The van der Waals surface area contributed by atoms with Gasteiger partial charge in [-0.3, -0.25) is 4.79 Å². The summed E-state index contributed by atoms with van der Waals surface area (Å²) in [7, 11) is 0. The van der Waals surface area contributed by atoms with Crippen LogP contribution in [0, 0.1) is 17.8 Å².